The molecule has 0 spiro atoms. The van der Waals surface area contributed by atoms with E-state index < -0.39 is 0 Å². The standard InChI is InChI=1S/C20H20N2O3/c1-23-17-7-2-14(3-8-17)15-4-9-18(10-5-15)24-13-25-20-11-6-16(21)12-19(20)22/h2-12H,13,21-22H2,1H3. The van der Waals surface area contributed by atoms with E-state index in [2.05, 4.69) is 0 Å². The van der Waals surface area contributed by atoms with E-state index in [9.17, 15) is 0 Å². The van der Waals surface area contributed by atoms with Crippen LogP contribution in [0.25, 0.3) is 11.1 Å². The summed E-state index contributed by atoms with van der Waals surface area (Å²) in [6.45, 7) is 0.0655. The van der Waals surface area contributed by atoms with Crippen LogP contribution < -0.4 is 25.7 Å². The average Bonchev–Trinajstić information content (AvgIpc) is 2.64. The van der Waals surface area contributed by atoms with Gasteiger partial charge in [0.2, 0.25) is 6.79 Å². The number of rotatable bonds is 6. The predicted octanol–water partition coefficient (Wildman–Crippen LogP) is 3.94. The number of anilines is 2. The van der Waals surface area contributed by atoms with Gasteiger partial charge in [-0.1, -0.05) is 24.3 Å². The second kappa shape index (κ2) is 7.49. The van der Waals surface area contributed by atoms with E-state index in [1.165, 1.54) is 0 Å². The molecule has 4 N–H and O–H groups in total. The highest BCUT2D eigenvalue weighted by molar-refractivity contribution is 5.65. The van der Waals surface area contributed by atoms with E-state index in [4.69, 9.17) is 25.7 Å². The van der Waals surface area contributed by atoms with Crippen LogP contribution in [0.1, 0.15) is 0 Å². The van der Waals surface area contributed by atoms with Crippen molar-refractivity contribution in [2.24, 2.45) is 0 Å². The number of nitrogen functional groups attached to an aromatic ring is 2. The molecular formula is C20H20N2O3. The first-order valence-corrected chi connectivity index (χ1v) is 7.81. The molecule has 0 atom stereocenters. The van der Waals surface area contributed by atoms with Crippen molar-refractivity contribution >= 4 is 11.4 Å². The summed E-state index contributed by atoms with van der Waals surface area (Å²) in [5.74, 6) is 2.10. The highest BCUT2D eigenvalue weighted by Gasteiger charge is 2.02. The molecule has 5 nitrogen and oxygen atoms in total. The summed E-state index contributed by atoms with van der Waals surface area (Å²) in [7, 11) is 1.65. The van der Waals surface area contributed by atoms with Crippen LogP contribution in [0.3, 0.4) is 0 Å². The summed E-state index contributed by atoms with van der Waals surface area (Å²) < 4.78 is 16.3. The van der Waals surface area contributed by atoms with Crippen LogP contribution >= 0.6 is 0 Å². The quantitative estimate of drug-likeness (QED) is 0.526. The van der Waals surface area contributed by atoms with Gasteiger partial charge in [0.15, 0.2) is 0 Å². The fourth-order valence-corrected chi connectivity index (χ4v) is 2.39. The minimum Gasteiger partial charge on any atom is -0.497 e. The Bertz CT molecular complexity index is 831. The molecule has 0 aliphatic carbocycles. The summed E-state index contributed by atoms with van der Waals surface area (Å²) in [5.41, 5.74) is 14.8. The molecule has 0 saturated heterocycles. The highest BCUT2D eigenvalue weighted by Crippen LogP contribution is 2.26. The molecule has 0 radical (unpaired) electrons. The first-order chi connectivity index (χ1) is 12.2. The topological polar surface area (TPSA) is 79.7 Å². The van der Waals surface area contributed by atoms with E-state index in [-0.39, 0.29) is 6.79 Å². The van der Waals surface area contributed by atoms with Gasteiger partial charge in [-0.15, -0.1) is 0 Å². The van der Waals surface area contributed by atoms with Crippen LogP contribution in [0.2, 0.25) is 0 Å². The number of hydrogen-bond donors (Lipinski definition) is 2. The second-order valence-corrected chi connectivity index (χ2v) is 5.46. The lowest BCUT2D eigenvalue weighted by Gasteiger charge is -2.11. The Morgan fingerprint density at radius 3 is 1.88 bits per heavy atom. The van der Waals surface area contributed by atoms with Crippen LogP contribution in [0.4, 0.5) is 11.4 Å². The number of hydrogen-bond acceptors (Lipinski definition) is 5. The largest absolute Gasteiger partial charge is 0.497 e. The molecule has 0 fully saturated rings. The predicted molar refractivity (Wildman–Crippen MR) is 99.8 cm³/mol. The Kier molecular flexibility index (Phi) is 4.95. The third kappa shape index (κ3) is 4.14. The number of benzene rings is 3. The molecule has 0 saturated carbocycles. The Labute approximate surface area is 146 Å². The SMILES string of the molecule is COc1ccc(-c2ccc(OCOc3ccc(N)cc3N)cc2)cc1. The Balaban J connectivity index is 1.58. The van der Waals surface area contributed by atoms with Crippen molar-refractivity contribution in [3.63, 3.8) is 0 Å². The van der Waals surface area contributed by atoms with Crippen molar-refractivity contribution in [3.8, 4) is 28.4 Å². The number of methoxy groups -OCH3 is 1. The van der Waals surface area contributed by atoms with Gasteiger partial charge in [0.1, 0.15) is 17.2 Å². The maximum Gasteiger partial charge on any atom is 0.230 e. The Morgan fingerprint density at radius 2 is 1.32 bits per heavy atom. The maximum atomic E-state index is 5.84. The Hall–Kier alpha value is -3.34. The summed E-state index contributed by atoms with van der Waals surface area (Å²) >= 11 is 0. The number of ether oxygens (including phenoxy) is 3. The van der Waals surface area contributed by atoms with Gasteiger partial charge in [-0.05, 0) is 53.6 Å². The molecule has 128 valence electrons. The van der Waals surface area contributed by atoms with Crippen LogP contribution in [-0.2, 0) is 0 Å². The maximum absolute atomic E-state index is 5.84. The van der Waals surface area contributed by atoms with Crippen molar-refractivity contribution in [2.45, 2.75) is 0 Å². The van der Waals surface area contributed by atoms with Gasteiger partial charge in [-0.2, -0.15) is 0 Å². The lowest BCUT2D eigenvalue weighted by molar-refractivity contribution is 0.120. The molecule has 0 bridgehead atoms. The van der Waals surface area contributed by atoms with Gasteiger partial charge >= 0.3 is 0 Å². The van der Waals surface area contributed by atoms with E-state index in [0.717, 1.165) is 16.9 Å². The normalized spacial score (nSPS) is 10.3. The summed E-state index contributed by atoms with van der Waals surface area (Å²) in [6, 6.07) is 20.8. The molecule has 0 aliphatic rings. The van der Waals surface area contributed by atoms with Crippen molar-refractivity contribution < 1.29 is 14.2 Å². The number of nitrogens with two attached hydrogens (primary N) is 2. The molecule has 0 aromatic heterocycles. The lowest BCUT2D eigenvalue weighted by Crippen LogP contribution is -2.07. The van der Waals surface area contributed by atoms with E-state index in [1.807, 2.05) is 48.5 Å². The van der Waals surface area contributed by atoms with Gasteiger partial charge in [-0.25, -0.2) is 0 Å². The fraction of sp³-hybridized carbons (Fsp3) is 0.100. The van der Waals surface area contributed by atoms with E-state index in [1.54, 1.807) is 25.3 Å². The summed E-state index contributed by atoms with van der Waals surface area (Å²) in [6.07, 6.45) is 0. The minimum atomic E-state index is 0.0655. The highest BCUT2D eigenvalue weighted by atomic mass is 16.7. The average molecular weight is 336 g/mol. The second-order valence-electron chi connectivity index (χ2n) is 5.46. The van der Waals surface area contributed by atoms with Crippen molar-refractivity contribution in [3.05, 3.63) is 66.7 Å². The van der Waals surface area contributed by atoms with E-state index >= 15 is 0 Å². The molecular weight excluding hydrogens is 316 g/mol. The van der Waals surface area contributed by atoms with E-state index in [0.29, 0.717) is 22.9 Å². The van der Waals surface area contributed by atoms with Crippen LogP contribution in [0.15, 0.2) is 66.7 Å². The van der Waals surface area contributed by atoms with Crippen LogP contribution in [-0.4, -0.2) is 13.9 Å². The van der Waals surface area contributed by atoms with Crippen molar-refractivity contribution in [1.29, 1.82) is 0 Å². The molecule has 0 amide bonds. The molecule has 0 unspecified atom stereocenters. The van der Waals surface area contributed by atoms with Gasteiger partial charge < -0.3 is 25.7 Å². The summed E-state index contributed by atoms with van der Waals surface area (Å²) in [5, 5.41) is 0. The lowest BCUT2D eigenvalue weighted by atomic mass is 10.1. The zero-order valence-corrected chi connectivity index (χ0v) is 13.9. The van der Waals surface area contributed by atoms with Gasteiger partial charge in [-0.3, -0.25) is 0 Å². The molecule has 3 aromatic carbocycles. The van der Waals surface area contributed by atoms with Crippen LogP contribution in [0.5, 0.6) is 17.2 Å². The molecule has 3 aromatic rings. The minimum absolute atomic E-state index is 0.0655. The van der Waals surface area contributed by atoms with Crippen LogP contribution in [0, 0.1) is 0 Å². The molecule has 3 rings (SSSR count). The third-order valence-electron chi connectivity index (χ3n) is 3.75. The Morgan fingerprint density at radius 1 is 0.720 bits per heavy atom. The van der Waals surface area contributed by atoms with Gasteiger partial charge in [0.05, 0.1) is 12.8 Å². The molecule has 5 heteroatoms. The molecule has 0 heterocycles. The zero-order chi connectivity index (χ0) is 17.6. The first kappa shape index (κ1) is 16.5. The van der Waals surface area contributed by atoms with Crippen molar-refractivity contribution in [1.82, 2.24) is 0 Å². The molecule has 25 heavy (non-hydrogen) atoms. The monoisotopic (exact) mass is 336 g/mol. The smallest absolute Gasteiger partial charge is 0.230 e. The fourth-order valence-electron chi connectivity index (χ4n) is 2.39. The van der Waals surface area contributed by atoms with Crippen molar-refractivity contribution in [2.75, 3.05) is 25.4 Å². The first-order valence-electron chi connectivity index (χ1n) is 7.81. The zero-order valence-electron chi connectivity index (χ0n) is 13.9. The van der Waals surface area contributed by atoms with Gasteiger partial charge in [0, 0.05) is 5.69 Å². The molecule has 0 aliphatic heterocycles. The third-order valence-corrected chi connectivity index (χ3v) is 3.75. The van der Waals surface area contributed by atoms with Gasteiger partial charge in [0.25, 0.3) is 0 Å². The summed E-state index contributed by atoms with van der Waals surface area (Å²) in [4.78, 5) is 0.